The van der Waals surface area contributed by atoms with E-state index in [1.54, 1.807) is 0 Å². The number of carbonyl (C=O) groups is 1. The molecule has 0 unspecified atom stereocenters. The molecule has 1 amide bonds. The number of anilines is 1. The van der Waals surface area contributed by atoms with Gasteiger partial charge in [-0.05, 0) is 59.7 Å². The van der Waals surface area contributed by atoms with E-state index in [2.05, 4.69) is 37.2 Å². The zero-order chi connectivity index (χ0) is 31.1. The third-order valence-corrected chi connectivity index (χ3v) is 9.04. The van der Waals surface area contributed by atoms with Crippen LogP contribution in [0.4, 0.5) is 5.69 Å². The van der Waals surface area contributed by atoms with Gasteiger partial charge in [-0.15, -0.1) is 0 Å². The van der Waals surface area contributed by atoms with Gasteiger partial charge < -0.3 is 24.8 Å². The van der Waals surface area contributed by atoms with Crippen LogP contribution in [0.2, 0.25) is 0 Å². The van der Waals surface area contributed by atoms with Gasteiger partial charge in [0.1, 0.15) is 5.75 Å². The second-order valence-corrected chi connectivity index (χ2v) is 12.5. The van der Waals surface area contributed by atoms with Crippen molar-refractivity contribution in [1.82, 2.24) is 5.32 Å². The fourth-order valence-electron chi connectivity index (χ4n) is 5.13. The van der Waals surface area contributed by atoms with Crippen molar-refractivity contribution in [3.8, 4) is 5.75 Å². The number of rotatable bonds is 12. The lowest BCUT2D eigenvalue weighted by molar-refractivity contribution is -0.129. The molecular formula is C35H35Br2N3O4. The molecule has 44 heavy (non-hydrogen) atoms. The summed E-state index contributed by atoms with van der Waals surface area (Å²) in [6.45, 7) is 0.838. The van der Waals surface area contributed by atoms with Gasteiger partial charge in [0.05, 0.1) is 6.61 Å². The monoisotopic (exact) mass is 719 g/mol. The molecule has 0 spiro atoms. The van der Waals surface area contributed by atoms with Crippen molar-refractivity contribution in [3.05, 3.63) is 128 Å². The second-order valence-electron chi connectivity index (χ2n) is 10.8. The van der Waals surface area contributed by atoms with Gasteiger partial charge in [0.25, 0.3) is 5.91 Å². The number of aliphatic imine (C=N–C) groups is 1. The van der Waals surface area contributed by atoms with Gasteiger partial charge in [-0.25, -0.2) is 4.99 Å². The quantitative estimate of drug-likeness (QED) is 0.157. The number of hydrogen-bond acceptors (Lipinski definition) is 6. The number of nitrogens with zero attached hydrogens (tertiary/aromatic N) is 2. The Morgan fingerprint density at radius 1 is 0.955 bits per heavy atom. The number of hydrogen-bond donors (Lipinski definition) is 2. The molecule has 4 aromatic rings. The van der Waals surface area contributed by atoms with E-state index >= 15 is 0 Å². The number of nitrogens with one attached hydrogen (secondary N) is 1. The number of amides is 1. The number of ether oxygens (including phenoxy) is 2. The van der Waals surface area contributed by atoms with E-state index in [4.69, 9.17) is 19.6 Å². The maximum absolute atomic E-state index is 14.5. The molecule has 0 bridgehead atoms. The first kappa shape index (κ1) is 31.8. The summed E-state index contributed by atoms with van der Waals surface area (Å²) in [5, 5.41) is 12.3. The Balaban J connectivity index is 1.55. The molecule has 0 saturated heterocycles. The van der Waals surface area contributed by atoms with E-state index in [-0.39, 0.29) is 12.5 Å². The van der Waals surface area contributed by atoms with E-state index in [9.17, 15) is 4.79 Å². The first-order valence-electron chi connectivity index (χ1n) is 14.4. The topological polar surface area (TPSA) is 83.4 Å². The lowest BCUT2D eigenvalue weighted by Crippen LogP contribution is -2.49. The third-order valence-electron chi connectivity index (χ3n) is 7.54. The Bertz CT molecular complexity index is 1610. The van der Waals surface area contributed by atoms with Gasteiger partial charge >= 0.3 is 0 Å². The lowest BCUT2D eigenvalue weighted by Gasteiger charge is -2.31. The summed E-state index contributed by atoms with van der Waals surface area (Å²) >= 11 is 7.40. The normalized spacial score (nSPS) is 17.5. The predicted molar refractivity (Wildman–Crippen MR) is 181 cm³/mol. The molecule has 5 rings (SSSR count). The summed E-state index contributed by atoms with van der Waals surface area (Å²) in [5.41, 5.74) is 3.25. The zero-order valence-electron chi connectivity index (χ0n) is 24.7. The Kier molecular flexibility index (Phi) is 10.4. The molecular weight excluding hydrogens is 686 g/mol. The van der Waals surface area contributed by atoms with Gasteiger partial charge in [0.15, 0.2) is 11.6 Å². The molecule has 2 atom stereocenters. The molecule has 0 fully saturated rings. The van der Waals surface area contributed by atoms with E-state index < -0.39 is 11.6 Å². The summed E-state index contributed by atoms with van der Waals surface area (Å²) in [5.74, 6) is 0.829. The Labute approximate surface area is 275 Å². The molecule has 0 aliphatic carbocycles. The average Bonchev–Trinajstić information content (AvgIpc) is 3.42. The average molecular weight is 721 g/mol. The Morgan fingerprint density at radius 3 is 2.30 bits per heavy atom. The van der Waals surface area contributed by atoms with Crippen molar-refractivity contribution in [2.24, 2.45) is 4.99 Å². The zero-order valence-corrected chi connectivity index (χ0v) is 27.8. The number of benzene rings is 4. The number of halogens is 2. The van der Waals surface area contributed by atoms with Crippen LogP contribution in [-0.4, -0.2) is 49.8 Å². The predicted octanol–water partition coefficient (Wildman–Crippen LogP) is 6.85. The van der Waals surface area contributed by atoms with Crippen LogP contribution < -0.4 is 15.0 Å². The standard InChI is InChI=1S/C35H35Br2N3O4/c1-40(2)27-16-12-24(13-17-27)23-38-34(42)35(22-26-8-3-5-10-30(26)36)32(29-9-4-6-11-31(29)37)44-33(39-35)25-14-18-28(19-15-25)43-21-7-20-41/h3-6,8-19,32,41H,7,20-23H2,1-2H3,(H,38,42)/t32-,35-/m1/s1. The fraction of sp³-hybridized carbons (Fsp3) is 0.257. The van der Waals surface area contributed by atoms with Gasteiger partial charge in [0, 0.05) is 65.8 Å². The van der Waals surface area contributed by atoms with Gasteiger partial charge in [0.2, 0.25) is 5.90 Å². The SMILES string of the molecule is CN(C)c1ccc(CNC(=O)[C@]2(Cc3ccccc3Br)N=C(c3ccc(OCCCO)cc3)O[C@@H]2c2ccccc2Br)cc1. The van der Waals surface area contributed by atoms with E-state index in [0.717, 1.165) is 36.9 Å². The van der Waals surface area contributed by atoms with Crippen molar-refractivity contribution in [2.45, 2.75) is 31.0 Å². The van der Waals surface area contributed by atoms with Crippen LogP contribution >= 0.6 is 31.9 Å². The Hall–Kier alpha value is -3.66. The third kappa shape index (κ3) is 7.17. The van der Waals surface area contributed by atoms with Crippen molar-refractivity contribution >= 4 is 49.4 Å². The van der Waals surface area contributed by atoms with E-state index in [1.165, 1.54) is 0 Å². The smallest absolute Gasteiger partial charge is 0.252 e. The molecule has 2 N–H and O–H groups in total. The van der Waals surface area contributed by atoms with Crippen molar-refractivity contribution < 1.29 is 19.4 Å². The molecule has 0 radical (unpaired) electrons. The van der Waals surface area contributed by atoms with Crippen molar-refractivity contribution in [3.63, 3.8) is 0 Å². The van der Waals surface area contributed by atoms with Crippen LogP contribution in [0.3, 0.4) is 0 Å². The van der Waals surface area contributed by atoms with Gasteiger partial charge in [-0.1, -0.05) is 80.4 Å². The highest BCUT2D eigenvalue weighted by Gasteiger charge is 2.54. The van der Waals surface area contributed by atoms with Crippen LogP contribution in [0, 0.1) is 0 Å². The highest BCUT2D eigenvalue weighted by Crippen LogP contribution is 2.45. The van der Waals surface area contributed by atoms with E-state index in [0.29, 0.717) is 37.6 Å². The molecule has 1 aliphatic heterocycles. The number of aliphatic hydroxyl groups is 1. The lowest BCUT2D eigenvalue weighted by atomic mass is 9.82. The number of aliphatic hydroxyl groups excluding tert-OH is 1. The molecule has 4 aromatic carbocycles. The number of carbonyl (C=O) groups excluding carboxylic acids is 1. The van der Waals surface area contributed by atoms with Crippen molar-refractivity contribution in [2.75, 3.05) is 32.2 Å². The maximum atomic E-state index is 14.5. The highest BCUT2D eigenvalue weighted by molar-refractivity contribution is 9.10. The molecule has 7 nitrogen and oxygen atoms in total. The first-order valence-corrected chi connectivity index (χ1v) is 16.0. The minimum Gasteiger partial charge on any atom is -0.494 e. The minimum atomic E-state index is -1.32. The minimum absolute atomic E-state index is 0.0717. The van der Waals surface area contributed by atoms with Crippen LogP contribution in [0.1, 0.15) is 34.8 Å². The van der Waals surface area contributed by atoms with Crippen LogP contribution in [0.15, 0.2) is 111 Å². The Morgan fingerprint density at radius 2 is 1.64 bits per heavy atom. The van der Waals surface area contributed by atoms with Crippen LogP contribution in [0.25, 0.3) is 0 Å². The maximum Gasteiger partial charge on any atom is 0.252 e. The molecule has 0 aromatic heterocycles. The van der Waals surface area contributed by atoms with Crippen LogP contribution in [-0.2, 0) is 22.5 Å². The summed E-state index contributed by atoms with van der Waals surface area (Å²) < 4.78 is 14.1. The first-order chi connectivity index (χ1) is 21.3. The highest BCUT2D eigenvalue weighted by atomic mass is 79.9. The molecule has 0 saturated carbocycles. The molecule has 228 valence electrons. The largest absolute Gasteiger partial charge is 0.494 e. The summed E-state index contributed by atoms with van der Waals surface area (Å²) in [7, 11) is 4.00. The molecule has 1 aliphatic rings. The molecule has 1 heterocycles. The summed E-state index contributed by atoms with van der Waals surface area (Å²) in [6, 6.07) is 31.2. The van der Waals surface area contributed by atoms with E-state index in [1.807, 2.05) is 116 Å². The fourth-order valence-corrected chi connectivity index (χ4v) is 6.04. The molecule has 9 heteroatoms. The van der Waals surface area contributed by atoms with Crippen LogP contribution in [0.5, 0.6) is 5.75 Å². The second kappa shape index (κ2) is 14.4. The van der Waals surface area contributed by atoms with Crippen molar-refractivity contribution in [1.29, 1.82) is 0 Å². The summed E-state index contributed by atoms with van der Waals surface area (Å²) in [4.78, 5) is 21.7. The van der Waals surface area contributed by atoms with Gasteiger partial charge in [-0.3, -0.25) is 4.79 Å². The summed E-state index contributed by atoms with van der Waals surface area (Å²) in [6.07, 6.45) is 0.145. The van der Waals surface area contributed by atoms with Gasteiger partial charge in [-0.2, -0.15) is 0 Å².